The average Bonchev–Trinajstić information content (AvgIpc) is 2.91. The molecular formula is C28H29N5O2. The molecule has 1 saturated heterocycles. The Morgan fingerprint density at radius 1 is 0.943 bits per heavy atom. The lowest BCUT2D eigenvalue weighted by molar-refractivity contribution is 0.207. The van der Waals surface area contributed by atoms with Gasteiger partial charge in [-0.25, -0.2) is 4.98 Å². The molecule has 1 aliphatic heterocycles. The fourth-order valence-corrected chi connectivity index (χ4v) is 4.84. The third-order valence-electron chi connectivity index (χ3n) is 6.63. The maximum absolute atomic E-state index is 13.9. The van der Waals surface area contributed by atoms with E-state index in [0.717, 1.165) is 43.1 Å². The maximum atomic E-state index is 13.9. The van der Waals surface area contributed by atoms with Crippen LogP contribution in [0.5, 0.6) is 5.75 Å². The molecule has 1 N–H and O–H groups in total. The minimum atomic E-state index is -0.352. The summed E-state index contributed by atoms with van der Waals surface area (Å²) in [5.41, 5.74) is 2.88. The molecule has 7 heteroatoms. The van der Waals surface area contributed by atoms with E-state index in [1.54, 1.807) is 23.0 Å². The van der Waals surface area contributed by atoms with Crippen molar-refractivity contribution in [2.24, 2.45) is 0 Å². The van der Waals surface area contributed by atoms with Crippen molar-refractivity contribution in [3.8, 4) is 5.75 Å². The number of hydrogen-bond acceptors (Lipinski definition) is 6. The first-order valence-corrected chi connectivity index (χ1v) is 11.9. The van der Waals surface area contributed by atoms with Gasteiger partial charge in [-0.3, -0.25) is 14.7 Å². The van der Waals surface area contributed by atoms with E-state index in [2.05, 4.69) is 19.8 Å². The maximum Gasteiger partial charge on any atom is 0.259 e. The Hall–Kier alpha value is -3.97. The average molecular weight is 468 g/mol. The van der Waals surface area contributed by atoms with Crippen LogP contribution in [-0.4, -0.2) is 50.7 Å². The minimum Gasteiger partial charge on any atom is -0.507 e. The summed E-state index contributed by atoms with van der Waals surface area (Å²) in [6.45, 7) is 5.32. The van der Waals surface area contributed by atoms with Gasteiger partial charge < -0.3 is 14.6 Å². The number of benzene rings is 1. The highest BCUT2D eigenvalue weighted by molar-refractivity contribution is 5.42. The van der Waals surface area contributed by atoms with Gasteiger partial charge in [-0.15, -0.1) is 0 Å². The SMILES string of the molecule is Cc1cc(O)c([C@H](c2ccccc2)N2CCN(c3ccccn3)CC2)c(=O)n1Cc1cccnc1. The molecule has 1 aromatic carbocycles. The van der Waals surface area contributed by atoms with Crippen LogP contribution in [-0.2, 0) is 6.54 Å². The van der Waals surface area contributed by atoms with Crippen molar-refractivity contribution in [3.63, 3.8) is 0 Å². The second-order valence-electron chi connectivity index (χ2n) is 8.86. The molecular weight excluding hydrogens is 438 g/mol. The molecule has 35 heavy (non-hydrogen) atoms. The third-order valence-corrected chi connectivity index (χ3v) is 6.63. The number of aryl methyl sites for hydroxylation is 1. The highest BCUT2D eigenvalue weighted by atomic mass is 16.3. The fraction of sp³-hybridized carbons (Fsp3) is 0.250. The van der Waals surface area contributed by atoms with E-state index in [1.165, 1.54) is 0 Å². The number of rotatable bonds is 6. The Bertz CT molecular complexity index is 1320. The molecule has 0 saturated carbocycles. The standard InChI is InChI=1S/C28H29N5O2/c1-21-18-24(34)26(28(35)33(21)20-22-8-7-12-29-19-22)27(23-9-3-2-4-10-23)32-16-14-31(15-17-32)25-11-5-6-13-30-25/h2-13,18-19,27,34H,14-17,20H2,1H3/t27-/m0/s1. The normalized spacial score (nSPS) is 15.2. The summed E-state index contributed by atoms with van der Waals surface area (Å²) < 4.78 is 1.73. The highest BCUT2D eigenvalue weighted by Gasteiger charge is 2.31. The first-order valence-electron chi connectivity index (χ1n) is 11.9. The van der Waals surface area contributed by atoms with Crippen molar-refractivity contribution < 1.29 is 5.11 Å². The van der Waals surface area contributed by atoms with Gasteiger partial charge in [-0.1, -0.05) is 42.5 Å². The lowest BCUT2D eigenvalue weighted by Crippen LogP contribution is -2.49. The molecule has 4 aromatic rings. The molecule has 1 atom stereocenters. The van der Waals surface area contributed by atoms with Crippen LogP contribution < -0.4 is 10.5 Å². The number of nitrogens with zero attached hydrogens (tertiary/aromatic N) is 5. The van der Waals surface area contributed by atoms with Gasteiger partial charge in [-0.2, -0.15) is 0 Å². The van der Waals surface area contributed by atoms with Gasteiger partial charge in [0.15, 0.2) is 0 Å². The van der Waals surface area contributed by atoms with Crippen LogP contribution >= 0.6 is 0 Å². The molecule has 0 unspecified atom stereocenters. The molecule has 7 nitrogen and oxygen atoms in total. The van der Waals surface area contributed by atoms with Crippen LogP contribution in [0.15, 0.2) is 90.1 Å². The predicted octanol–water partition coefficient (Wildman–Crippen LogP) is 3.61. The van der Waals surface area contributed by atoms with Gasteiger partial charge in [0.2, 0.25) is 0 Å². The predicted molar refractivity (Wildman–Crippen MR) is 137 cm³/mol. The molecule has 1 fully saturated rings. The Balaban J connectivity index is 1.52. The Morgan fingerprint density at radius 3 is 2.40 bits per heavy atom. The molecule has 0 amide bonds. The number of anilines is 1. The summed E-state index contributed by atoms with van der Waals surface area (Å²) in [6, 6.07) is 21.1. The third kappa shape index (κ3) is 4.81. The minimum absolute atomic E-state index is 0.0379. The van der Waals surface area contributed by atoms with Crippen molar-refractivity contribution in [1.29, 1.82) is 0 Å². The summed E-state index contributed by atoms with van der Waals surface area (Å²) >= 11 is 0. The van der Waals surface area contributed by atoms with Crippen LogP contribution in [0.4, 0.5) is 5.82 Å². The van der Waals surface area contributed by atoms with Crippen LogP contribution in [0.2, 0.25) is 0 Å². The fourth-order valence-electron chi connectivity index (χ4n) is 4.84. The van der Waals surface area contributed by atoms with Crippen LogP contribution in [0.25, 0.3) is 0 Å². The van der Waals surface area contributed by atoms with Gasteiger partial charge in [0.1, 0.15) is 11.6 Å². The van der Waals surface area contributed by atoms with Gasteiger partial charge in [0, 0.05) is 50.5 Å². The number of aromatic hydroxyl groups is 1. The monoisotopic (exact) mass is 467 g/mol. The van der Waals surface area contributed by atoms with Crippen LogP contribution in [0, 0.1) is 6.92 Å². The zero-order chi connectivity index (χ0) is 24.2. The van der Waals surface area contributed by atoms with Crippen molar-refractivity contribution in [1.82, 2.24) is 19.4 Å². The second kappa shape index (κ2) is 10.1. The molecule has 1 aliphatic rings. The molecule has 4 heterocycles. The summed E-state index contributed by atoms with van der Waals surface area (Å²) in [5, 5.41) is 11.1. The Morgan fingerprint density at radius 2 is 1.71 bits per heavy atom. The van der Waals surface area contributed by atoms with Crippen LogP contribution in [0.1, 0.15) is 28.4 Å². The number of aromatic nitrogens is 3. The summed E-state index contributed by atoms with van der Waals surface area (Å²) in [6.07, 6.45) is 5.30. The molecule has 0 bridgehead atoms. The van der Waals surface area contributed by atoms with Gasteiger partial charge in [-0.05, 0) is 42.3 Å². The van der Waals surface area contributed by atoms with Crippen molar-refractivity contribution in [2.75, 3.05) is 31.1 Å². The van der Waals surface area contributed by atoms with Crippen molar-refractivity contribution in [3.05, 3.63) is 118 Å². The summed E-state index contributed by atoms with van der Waals surface area (Å²) in [4.78, 5) is 27.1. The lowest BCUT2D eigenvalue weighted by Gasteiger charge is -2.40. The number of hydrogen-bond donors (Lipinski definition) is 1. The second-order valence-corrected chi connectivity index (χ2v) is 8.86. The van der Waals surface area contributed by atoms with E-state index >= 15 is 0 Å². The molecule has 0 spiro atoms. The van der Waals surface area contributed by atoms with E-state index in [4.69, 9.17) is 0 Å². The molecule has 0 radical (unpaired) electrons. The van der Waals surface area contributed by atoms with E-state index in [1.807, 2.05) is 73.8 Å². The van der Waals surface area contributed by atoms with Gasteiger partial charge >= 0.3 is 0 Å². The summed E-state index contributed by atoms with van der Waals surface area (Å²) in [5.74, 6) is 0.997. The van der Waals surface area contributed by atoms with E-state index in [-0.39, 0.29) is 17.4 Å². The number of piperazine rings is 1. The molecule has 3 aromatic heterocycles. The van der Waals surface area contributed by atoms with E-state index < -0.39 is 0 Å². The highest BCUT2D eigenvalue weighted by Crippen LogP contribution is 2.33. The molecule has 5 rings (SSSR count). The first kappa shape index (κ1) is 22.8. The van der Waals surface area contributed by atoms with E-state index in [9.17, 15) is 9.90 Å². The van der Waals surface area contributed by atoms with Crippen LogP contribution in [0.3, 0.4) is 0 Å². The van der Waals surface area contributed by atoms with Gasteiger partial charge in [0.25, 0.3) is 5.56 Å². The Labute approximate surface area is 204 Å². The van der Waals surface area contributed by atoms with Crippen molar-refractivity contribution >= 4 is 5.82 Å². The Kier molecular flexibility index (Phi) is 6.59. The topological polar surface area (TPSA) is 74.5 Å². The quantitative estimate of drug-likeness (QED) is 0.467. The zero-order valence-corrected chi connectivity index (χ0v) is 19.8. The van der Waals surface area contributed by atoms with Gasteiger partial charge in [0.05, 0.1) is 18.2 Å². The smallest absolute Gasteiger partial charge is 0.259 e. The van der Waals surface area contributed by atoms with Crippen molar-refractivity contribution in [2.45, 2.75) is 19.5 Å². The lowest BCUT2D eigenvalue weighted by atomic mass is 9.96. The summed E-state index contributed by atoms with van der Waals surface area (Å²) in [7, 11) is 0. The molecule has 178 valence electrons. The number of pyridine rings is 3. The van der Waals surface area contributed by atoms with E-state index in [0.29, 0.717) is 17.8 Å². The first-order chi connectivity index (χ1) is 17.1. The largest absolute Gasteiger partial charge is 0.507 e. The molecule has 0 aliphatic carbocycles. The zero-order valence-electron chi connectivity index (χ0n) is 19.8.